The van der Waals surface area contributed by atoms with E-state index in [2.05, 4.69) is 62.1 Å². The van der Waals surface area contributed by atoms with E-state index >= 15 is 0 Å². The fraction of sp³-hybridized carbons (Fsp3) is 0.368. The van der Waals surface area contributed by atoms with Gasteiger partial charge in [0, 0.05) is 24.2 Å². The number of nitrogens with zero attached hydrogens (tertiary/aromatic N) is 1. The van der Waals surface area contributed by atoms with Crippen molar-refractivity contribution in [1.29, 1.82) is 0 Å². The normalized spacial score (nSPS) is 13.7. The Balaban J connectivity index is 2.27. The third kappa shape index (κ3) is 3.64. The van der Waals surface area contributed by atoms with Gasteiger partial charge in [-0.05, 0) is 37.1 Å². The lowest BCUT2D eigenvalue weighted by Gasteiger charge is -2.35. The summed E-state index contributed by atoms with van der Waals surface area (Å²) in [6, 6.07) is 18.8. The van der Waals surface area contributed by atoms with Gasteiger partial charge in [-0.25, -0.2) is 0 Å². The summed E-state index contributed by atoms with van der Waals surface area (Å²) in [4.78, 5) is 2.33. The molecule has 112 valence electrons. The number of hydrogen-bond acceptors (Lipinski definition) is 2. The zero-order chi connectivity index (χ0) is 15.3. The predicted molar refractivity (Wildman–Crippen MR) is 89.9 cm³/mol. The average Bonchev–Trinajstić information content (AvgIpc) is 2.53. The van der Waals surface area contributed by atoms with E-state index in [-0.39, 0.29) is 12.0 Å². The highest BCUT2D eigenvalue weighted by molar-refractivity contribution is 5.49. The Morgan fingerprint density at radius 2 is 1.76 bits per heavy atom. The van der Waals surface area contributed by atoms with Crippen molar-refractivity contribution in [2.45, 2.75) is 26.2 Å². The fourth-order valence-electron chi connectivity index (χ4n) is 2.70. The van der Waals surface area contributed by atoms with Crippen molar-refractivity contribution in [1.82, 2.24) is 0 Å². The molecule has 0 spiro atoms. The van der Waals surface area contributed by atoms with Gasteiger partial charge in [-0.2, -0.15) is 0 Å². The number of aliphatic hydroxyl groups excluding tert-OH is 1. The van der Waals surface area contributed by atoms with E-state index in [0.29, 0.717) is 0 Å². The highest BCUT2D eigenvalue weighted by Gasteiger charge is 2.28. The molecule has 2 aromatic rings. The number of rotatable bonds is 6. The maximum Gasteiger partial charge on any atom is 0.0542 e. The average molecular weight is 283 g/mol. The van der Waals surface area contributed by atoms with Gasteiger partial charge in [-0.1, -0.05) is 49.4 Å². The predicted octanol–water partition coefficient (Wildman–Crippen LogP) is 3.77. The lowest BCUT2D eigenvalue weighted by atomic mass is 9.82. The summed E-state index contributed by atoms with van der Waals surface area (Å²) in [7, 11) is 0. The molecule has 0 heterocycles. The van der Waals surface area contributed by atoms with Gasteiger partial charge in [0.1, 0.15) is 0 Å². The molecule has 0 aliphatic rings. The molecule has 2 nitrogen and oxygen atoms in total. The van der Waals surface area contributed by atoms with Crippen LogP contribution in [0.3, 0.4) is 0 Å². The molecule has 0 fully saturated rings. The smallest absolute Gasteiger partial charge is 0.0542 e. The van der Waals surface area contributed by atoms with Crippen LogP contribution in [0.5, 0.6) is 0 Å². The molecule has 1 N–H and O–H groups in total. The van der Waals surface area contributed by atoms with Crippen LogP contribution >= 0.6 is 0 Å². The number of hydrogen-bond donors (Lipinski definition) is 1. The first-order valence-electron chi connectivity index (χ1n) is 7.57. The van der Waals surface area contributed by atoms with Crippen LogP contribution in [0.15, 0.2) is 54.6 Å². The maximum absolute atomic E-state index is 9.96. The molecule has 1 unspecified atom stereocenters. The van der Waals surface area contributed by atoms with E-state index < -0.39 is 0 Å². The van der Waals surface area contributed by atoms with Gasteiger partial charge >= 0.3 is 0 Å². The molecular formula is C19H25NO. The van der Waals surface area contributed by atoms with E-state index in [0.717, 1.165) is 13.1 Å². The number of aryl methyl sites for hydroxylation is 1. The van der Waals surface area contributed by atoms with Crippen molar-refractivity contribution in [3.05, 3.63) is 65.7 Å². The minimum atomic E-state index is -0.263. The van der Waals surface area contributed by atoms with Crippen molar-refractivity contribution in [2.75, 3.05) is 24.6 Å². The van der Waals surface area contributed by atoms with Gasteiger partial charge in [-0.3, -0.25) is 0 Å². The zero-order valence-corrected chi connectivity index (χ0v) is 13.2. The standard InChI is InChI=1S/C19H25NO/c1-4-20(18-12-8-9-16(2)13-18)14-19(3,15-21)17-10-6-5-7-11-17/h5-13,21H,4,14-15H2,1-3H3. The number of benzene rings is 2. The maximum atomic E-state index is 9.96. The Labute approximate surface area is 128 Å². The van der Waals surface area contributed by atoms with Crippen LogP contribution < -0.4 is 4.90 Å². The quantitative estimate of drug-likeness (QED) is 0.872. The summed E-state index contributed by atoms with van der Waals surface area (Å²) in [6.07, 6.45) is 0. The summed E-state index contributed by atoms with van der Waals surface area (Å²) in [5.74, 6) is 0. The first kappa shape index (κ1) is 15.6. The van der Waals surface area contributed by atoms with E-state index in [1.807, 2.05) is 18.2 Å². The van der Waals surface area contributed by atoms with E-state index in [9.17, 15) is 5.11 Å². The van der Waals surface area contributed by atoms with Crippen LogP contribution in [-0.4, -0.2) is 24.8 Å². The van der Waals surface area contributed by atoms with Gasteiger partial charge in [0.25, 0.3) is 0 Å². The number of anilines is 1. The molecule has 0 aliphatic carbocycles. The second kappa shape index (κ2) is 6.77. The van der Waals surface area contributed by atoms with E-state index in [1.54, 1.807) is 0 Å². The topological polar surface area (TPSA) is 23.5 Å². The van der Waals surface area contributed by atoms with Crippen LogP contribution in [0, 0.1) is 6.92 Å². The Bertz CT molecular complexity index is 567. The Morgan fingerprint density at radius 1 is 1.05 bits per heavy atom. The van der Waals surface area contributed by atoms with Gasteiger partial charge in [-0.15, -0.1) is 0 Å². The summed E-state index contributed by atoms with van der Waals surface area (Å²) in [5.41, 5.74) is 3.39. The van der Waals surface area contributed by atoms with Gasteiger partial charge in [0.15, 0.2) is 0 Å². The first-order chi connectivity index (χ1) is 10.1. The highest BCUT2D eigenvalue weighted by Crippen LogP contribution is 2.27. The van der Waals surface area contributed by atoms with Gasteiger partial charge in [0.2, 0.25) is 0 Å². The molecule has 21 heavy (non-hydrogen) atoms. The Morgan fingerprint density at radius 3 is 2.33 bits per heavy atom. The lowest BCUT2D eigenvalue weighted by molar-refractivity contribution is 0.208. The monoisotopic (exact) mass is 283 g/mol. The van der Waals surface area contributed by atoms with Crippen LogP contribution in [0.25, 0.3) is 0 Å². The molecule has 0 radical (unpaired) electrons. The van der Waals surface area contributed by atoms with Crippen LogP contribution in [0.2, 0.25) is 0 Å². The molecular weight excluding hydrogens is 258 g/mol. The SMILES string of the molecule is CCN(CC(C)(CO)c1ccccc1)c1cccc(C)c1. The molecule has 0 aromatic heterocycles. The largest absolute Gasteiger partial charge is 0.395 e. The minimum absolute atomic E-state index is 0.138. The third-order valence-corrected chi connectivity index (χ3v) is 4.11. The van der Waals surface area contributed by atoms with Gasteiger partial charge < -0.3 is 10.0 Å². The lowest BCUT2D eigenvalue weighted by Crippen LogP contribution is -2.41. The summed E-state index contributed by atoms with van der Waals surface area (Å²) in [6.45, 7) is 8.25. The van der Waals surface area contributed by atoms with E-state index in [4.69, 9.17) is 0 Å². The number of likely N-dealkylation sites (N-methyl/N-ethyl adjacent to an activating group) is 1. The van der Waals surface area contributed by atoms with E-state index in [1.165, 1.54) is 16.8 Å². The summed E-state index contributed by atoms with van der Waals surface area (Å²) < 4.78 is 0. The molecule has 0 saturated heterocycles. The molecule has 2 aromatic carbocycles. The van der Waals surface area contributed by atoms with Crippen LogP contribution in [-0.2, 0) is 5.41 Å². The molecule has 0 saturated carbocycles. The zero-order valence-electron chi connectivity index (χ0n) is 13.2. The van der Waals surface area contributed by atoms with Crippen molar-refractivity contribution in [3.63, 3.8) is 0 Å². The van der Waals surface area contributed by atoms with Gasteiger partial charge in [0.05, 0.1) is 6.61 Å². The second-order valence-corrected chi connectivity index (χ2v) is 5.94. The fourth-order valence-corrected chi connectivity index (χ4v) is 2.70. The van der Waals surface area contributed by atoms with Crippen molar-refractivity contribution < 1.29 is 5.11 Å². The summed E-state index contributed by atoms with van der Waals surface area (Å²) in [5, 5.41) is 9.96. The Kier molecular flexibility index (Phi) is 5.03. The summed E-state index contributed by atoms with van der Waals surface area (Å²) >= 11 is 0. The second-order valence-electron chi connectivity index (χ2n) is 5.94. The molecule has 1 atom stereocenters. The highest BCUT2D eigenvalue weighted by atomic mass is 16.3. The van der Waals surface area contributed by atoms with Crippen LogP contribution in [0.1, 0.15) is 25.0 Å². The van der Waals surface area contributed by atoms with Crippen molar-refractivity contribution in [2.24, 2.45) is 0 Å². The minimum Gasteiger partial charge on any atom is -0.395 e. The van der Waals surface area contributed by atoms with Crippen molar-refractivity contribution >= 4 is 5.69 Å². The molecule has 0 aliphatic heterocycles. The molecule has 0 bridgehead atoms. The number of aliphatic hydroxyl groups is 1. The Hall–Kier alpha value is -1.80. The molecule has 2 heteroatoms. The van der Waals surface area contributed by atoms with Crippen molar-refractivity contribution in [3.8, 4) is 0 Å². The molecule has 0 amide bonds. The molecule has 2 rings (SSSR count). The first-order valence-corrected chi connectivity index (χ1v) is 7.57. The third-order valence-electron chi connectivity index (χ3n) is 4.11. The van der Waals surface area contributed by atoms with Crippen LogP contribution in [0.4, 0.5) is 5.69 Å².